The number of hydrogen-bond donors (Lipinski definition) is 2. The second-order valence-electron chi connectivity index (χ2n) is 5.54. The molecule has 3 heterocycles. The molecule has 0 saturated heterocycles. The average molecular weight is 349 g/mol. The smallest absolute Gasteiger partial charge is 0.260 e. The van der Waals surface area contributed by atoms with Gasteiger partial charge in [0.05, 0.1) is 16.1 Å². The van der Waals surface area contributed by atoms with Gasteiger partial charge in [0.2, 0.25) is 0 Å². The number of nitrogens with one attached hydrogen (secondary N) is 2. The molecule has 0 atom stereocenters. The number of thiophene rings is 1. The van der Waals surface area contributed by atoms with Crippen LogP contribution in [0.3, 0.4) is 0 Å². The highest BCUT2D eigenvalue weighted by molar-refractivity contribution is 7.13. The number of carbonyl (C=O) groups is 1. The fourth-order valence-corrected chi connectivity index (χ4v) is 3.24. The van der Waals surface area contributed by atoms with Crippen molar-refractivity contribution in [3.8, 4) is 16.3 Å². The van der Waals surface area contributed by atoms with E-state index in [2.05, 4.69) is 20.6 Å². The highest BCUT2D eigenvalue weighted by atomic mass is 32.1. The lowest BCUT2D eigenvalue weighted by atomic mass is 10.2. The Morgan fingerprint density at radius 2 is 2.04 bits per heavy atom. The van der Waals surface area contributed by atoms with Gasteiger partial charge in [-0.05, 0) is 30.5 Å². The topological polar surface area (TPSA) is 75.6 Å². The van der Waals surface area contributed by atoms with Crippen LogP contribution in [0.5, 0.6) is 0 Å². The zero-order chi connectivity index (χ0) is 17.2. The molecular formula is C18H15N5OS. The van der Waals surface area contributed by atoms with Crippen LogP contribution in [0.4, 0.5) is 5.82 Å². The molecule has 1 amide bonds. The summed E-state index contributed by atoms with van der Waals surface area (Å²) in [6, 6.07) is 15.4. The molecule has 0 aliphatic heterocycles. The van der Waals surface area contributed by atoms with Crippen LogP contribution in [-0.4, -0.2) is 25.9 Å². The summed E-state index contributed by atoms with van der Waals surface area (Å²) >= 11 is 1.55. The van der Waals surface area contributed by atoms with Crippen LogP contribution in [0.25, 0.3) is 16.3 Å². The predicted molar refractivity (Wildman–Crippen MR) is 98.2 cm³/mol. The standard InChI is InChI=1S/C18H15N5OS/c1-12-10-16(21-20-12)19-18(24)14-11-23(13-6-3-2-4-7-13)22-17(14)15-8-5-9-25-15/h2-11H,1H3,(H2,19,20,21,24). The Kier molecular flexibility index (Phi) is 3.91. The Bertz CT molecular complexity index is 1000. The molecule has 7 heteroatoms. The van der Waals surface area contributed by atoms with Crippen LogP contribution in [0, 0.1) is 6.92 Å². The summed E-state index contributed by atoms with van der Waals surface area (Å²) in [6.45, 7) is 1.88. The fourth-order valence-electron chi connectivity index (χ4n) is 2.51. The highest BCUT2D eigenvalue weighted by Crippen LogP contribution is 2.28. The van der Waals surface area contributed by atoms with Gasteiger partial charge in [0.25, 0.3) is 5.91 Å². The van der Waals surface area contributed by atoms with Crippen LogP contribution in [-0.2, 0) is 0 Å². The van der Waals surface area contributed by atoms with Crippen LogP contribution in [0.15, 0.2) is 60.1 Å². The van der Waals surface area contributed by atoms with Gasteiger partial charge in [0.1, 0.15) is 5.69 Å². The third-order valence-electron chi connectivity index (χ3n) is 3.68. The van der Waals surface area contributed by atoms with Crippen molar-refractivity contribution in [2.24, 2.45) is 0 Å². The van der Waals surface area contributed by atoms with Crippen molar-refractivity contribution >= 4 is 23.1 Å². The van der Waals surface area contributed by atoms with Crippen molar-refractivity contribution in [1.29, 1.82) is 0 Å². The third-order valence-corrected chi connectivity index (χ3v) is 4.56. The van der Waals surface area contributed by atoms with Gasteiger partial charge in [-0.2, -0.15) is 10.2 Å². The van der Waals surface area contributed by atoms with Gasteiger partial charge < -0.3 is 5.32 Å². The molecule has 0 spiro atoms. The van der Waals surface area contributed by atoms with E-state index < -0.39 is 0 Å². The molecule has 0 aliphatic carbocycles. The number of aryl methyl sites for hydroxylation is 1. The molecular weight excluding hydrogens is 334 g/mol. The Morgan fingerprint density at radius 3 is 2.72 bits per heavy atom. The van der Waals surface area contributed by atoms with Gasteiger partial charge in [-0.3, -0.25) is 9.89 Å². The number of anilines is 1. The second-order valence-corrected chi connectivity index (χ2v) is 6.49. The van der Waals surface area contributed by atoms with E-state index in [1.165, 1.54) is 0 Å². The first kappa shape index (κ1) is 15.3. The minimum absolute atomic E-state index is 0.239. The van der Waals surface area contributed by atoms with Gasteiger partial charge in [-0.15, -0.1) is 11.3 Å². The van der Waals surface area contributed by atoms with Crippen LogP contribution >= 0.6 is 11.3 Å². The first-order valence-corrected chi connectivity index (χ1v) is 8.61. The molecule has 0 saturated carbocycles. The van der Waals surface area contributed by atoms with Crippen molar-refractivity contribution in [2.75, 3.05) is 5.32 Å². The van der Waals surface area contributed by atoms with Gasteiger partial charge >= 0.3 is 0 Å². The molecule has 4 rings (SSSR count). The largest absolute Gasteiger partial charge is 0.305 e. The number of aromatic nitrogens is 4. The maximum Gasteiger partial charge on any atom is 0.260 e. The first-order chi connectivity index (χ1) is 12.2. The number of nitrogens with zero attached hydrogens (tertiary/aromatic N) is 3. The van der Waals surface area contributed by atoms with E-state index in [-0.39, 0.29) is 5.91 Å². The van der Waals surface area contributed by atoms with Gasteiger partial charge in [-0.1, -0.05) is 24.3 Å². The summed E-state index contributed by atoms with van der Waals surface area (Å²) < 4.78 is 1.72. The molecule has 3 aromatic heterocycles. The number of amides is 1. The van der Waals surface area contributed by atoms with E-state index in [0.717, 1.165) is 16.3 Å². The molecule has 0 unspecified atom stereocenters. The summed E-state index contributed by atoms with van der Waals surface area (Å²) in [5, 5.41) is 16.3. The zero-order valence-electron chi connectivity index (χ0n) is 13.4. The highest BCUT2D eigenvalue weighted by Gasteiger charge is 2.20. The Morgan fingerprint density at radius 1 is 1.20 bits per heavy atom. The second kappa shape index (κ2) is 6.37. The Labute approximate surface area is 148 Å². The van der Waals surface area contributed by atoms with Crippen molar-refractivity contribution in [1.82, 2.24) is 20.0 Å². The fraction of sp³-hybridized carbons (Fsp3) is 0.0556. The number of hydrogen-bond acceptors (Lipinski definition) is 4. The van der Waals surface area contributed by atoms with E-state index in [1.807, 2.05) is 54.8 Å². The number of para-hydroxylation sites is 1. The summed E-state index contributed by atoms with van der Waals surface area (Å²) in [4.78, 5) is 13.7. The van der Waals surface area contributed by atoms with E-state index in [0.29, 0.717) is 17.1 Å². The lowest BCUT2D eigenvalue weighted by molar-refractivity contribution is 0.102. The molecule has 0 radical (unpaired) electrons. The maximum atomic E-state index is 12.8. The van der Waals surface area contributed by atoms with Crippen molar-refractivity contribution < 1.29 is 4.79 Å². The zero-order valence-corrected chi connectivity index (χ0v) is 14.2. The molecule has 0 fully saturated rings. The number of benzene rings is 1. The molecule has 25 heavy (non-hydrogen) atoms. The van der Waals surface area contributed by atoms with Crippen LogP contribution in [0.1, 0.15) is 16.1 Å². The molecule has 124 valence electrons. The van der Waals surface area contributed by atoms with E-state index in [1.54, 1.807) is 28.3 Å². The molecule has 0 aliphatic rings. The minimum Gasteiger partial charge on any atom is -0.305 e. The quantitative estimate of drug-likeness (QED) is 0.587. The molecule has 0 bridgehead atoms. The number of rotatable bonds is 4. The molecule has 4 aromatic rings. The molecule has 1 aromatic carbocycles. The summed E-state index contributed by atoms with van der Waals surface area (Å²) in [5.74, 6) is 0.254. The number of carbonyl (C=O) groups excluding carboxylic acids is 1. The number of H-pyrrole nitrogens is 1. The van der Waals surface area contributed by atoms with Crippen molar-refractivity contribution in [3.63, 3.8) is 0 Å². The van der Waals surface area contributed by atoms with E-state index >= 15 is 0 Å². The predicted octanol–water partition coefficient (Wildman–Crippen LogP) is 3.88. The minimum atomic E-state index is -0.239. The molecule has 2 N–H and O–H groups in total. The van der Waals surface area contributed by atoms with Crippen LogP contribution < -0.4 is 5.32 Å². The van der Waals surface area contributed by atoms with Gasteiger partial charge in [0, 0.05) is 18.0 Å². The summed E-state index contributed by atoms with van der Waals surface area (Å²) in [5.41, 5.74) is 2.94. The maximum absolute atomic E-state index is 12.8. The van der Waals surface area contributed by atoms with Gasteiger partial charge in [0.15, 0.2) is 5.82 Å². The lowest BCUT2D eigenvalue weighted by Gasteiger charge is -2.00. The Balaban J connectivity index is 1.74. The van der Waals surface area contributed by atoms with E-state index in [9.17, 15) is 4.79 Å². The van der Waals surface area contributed by atoms with Crippen LogP contribution in [0.2, 0.25) is 0 Å². The summed E-state index contributed by atoms with van der Waals surface area (Å²) in [6.07, 6.45) is 1.75. The lowest BCUT2D eigenvalue weighted by Crippen LogP contribution is -2.12. The van der Waals surface area contributed by atoms with Crippen molar-refractivity contribution in [3.05, 3.63) is 71.4 Å². The third kappa shape index (κ3) is 3.09. The Hall–Kier alpha value is -3.19. The van der Waals surface area contributed by atoms with E-state index in [4.69, 9.17) is 0 Å². The monoisotopic (exact) mass is 349 g/mol. The van der Waals surface area contributed by atoms with Gasteiger partial charge in [-0.25, -0.2) is 4.68 Å². The average Bonchev–Trinajstić information content (AvgIpc) is 3.35. The number of aromatic amines is 1. The SMILES string of the molecule is Cc1cc(NC(=O)c2cn(-c3ccccc3)nc2-c2cccs2)n[nH]1. The summed E-state index contributed by atoms with van der Waals surface area (Å²) in [7, 11) is 0. The van der Waals surface area contributed by atoms with Crippen molar-refractivity contribution in [2.45, 2.75) is 6.92 Å². The molecule has 6 nitrogen and oxygen atoms in total. The normalized spacial score (nSPS) is 10.8. The first-order valence-electron chi connectivity index (χ1n) is 7.73.